The highest BCUT2D eigenvalue weighted by molar-refractivity contribution is 9.10. The molecule has 2 unspecified atom stereocenters. The van der Waals surface area contributed by atoms with E-state index in [0.717, 1.165) is 23.3 Å². The molecular weight excluding hydrogens is 256 g/mol. The highest BCUT2D eigenvalue weighted by Gasteiger charge is 2.27. The molecule has 1 aliphatic rings. The van der Waals surface area contributed by atoms with E-state index in [4.69, 9.17) is 10.5 Å². The Morgan fingerprint density at radius 2 is 2.27 bits per heavy atom. The Morgan fingerprint density at radius 3 is 2.87 bits per heavy atom. The number of nitrogens with two attached hydrogens (primary N) is 1. The number of ether oxygens (including phenoxy) is 1. The number of hydrogen-bond acceptors (Lipinski definition) is 3. The molecular formula is C11H15BrN2O. The molecule has 0 spiro atoms. The van der Waals surface area contributed by atoms with Crippen molar-refractivity contribution in [2.45, 2.75) is 12.0 Å². The van der Waals surface area contributed by atoms with Crippen LogP contribution in [0.15, 0.2) is 22.7 Å². The standard InChI is InChI=1S/C11H15BrN2O/c1-15-11-3-2-7(12)4-8(11)9-5-14-6-10(9)13/h2-4,9-10,14H,5-6,13H2,1H3. The van der Waals surface area contributed by atoms with Crippen LogP contribution < -0.4 is 15.8 Å². The molecule has 3 nitrogen and oxygen atoms in total. The second kappa shape index (κ2) is 4.51. The minimum absolute atomic E-state index is 0.174. The normalized spacial score (nSPS) is 25.5. The van der Waals surface area contributed by atoms with Crippen LogP contribution in [0, 0.1) is 0 Å². The summed E-state index contributed by atoms with van der Waals surface area (Å²) in [6.45, 7) is 1.80. The fourth-order valence-electron chi connectivity index (χ4n) is 2.03. The zero-order valence-corrected chi connectivity index (χ0v) is 10.3. The van der Waals surface area contributed by atoms with Crippen LogP contribution in [0.3, 0.4) is 0 Å². The van der Waals surface area contributed by atoms with E-state index >= 15 is 0 Å². The molecule has 3 N–H and O–H groups in total. The van der Waals surface area contributed by atoms with Crippen molar-refractivity contribution in [1.29, 1.82) is 0 Å². The van der Waals surface area contributed by atoms with Crippen molar-refractivity contribution in [3.05, 3.63) is 28.2 Å². The molecule has 1 aromatic carbocycles. The minimum Gasteiger partial charge on any atom is -0.496 e. The summed E-state index contributed by atoms with van der Waals surface area (Å²) in [5.74, 6) is 1.26. The SMILES string of the molecule is COc1ccc(Br)cc1C1CNCC1N. The summed E-state index contributed by atoms with van der Waals surface area (Å²) in [4.78, 5) is 0. The summed E-state index contributed by atoms with van der Waals surface area (Å²) in [6, 6.07) is 6.23. The molecule has 2 rings (SSSR count). The summed E-state index contributed by atoms with van der Waals surface area (Å²) in [5.41, 5.74) is 7.24. The molecule has 2 atom stereocenters. The zero-order chi connectivity index (χ0) is 10.8. The first-order chi connectivity index (χ1) is 7.22. The molecule has 0 aliphatic carbocycles. The average Bonchev–Trinajstić information content (AvgIpc) is 2.64. The first-order valence-electron chi connectivity index (χ1n) is 5.02. The Balaban J connectivity index is 2.36. The van der Waals surface area contributed by atoms with Gasteiger partial charge < -0.3 is 15.8 Å². The van der Waals surface area contributed by atoms with Crippen LogP contribution in [0.5, 0.6) is 5.75 Å². The fraction of sp³-hybridized carbons (Fsp3) is 0.455. The number of halogens is 1. The number of benzene rings is 1. The van der Waals surface area contributed by atoms with Crippen molar-refractivity contribution in [2.75, 3.05) is 20.2 Å². The lowest BCUT2D eigenvalue weighted by Gasteiger charge is -2.18. The van der Waals surface area contributed by atoms with E-state index in [2.05, 4.69) is 27.3 Å². The number of hydrogen-bond donors (Lipinski definition) is 2. The summed E-state index contributed by atoms with van der Waals surface area (Å²) < 4.78 is 6.42. The fourth-order valence-corrected chi connectivity index (χ4v) is 2.41. The van der Waals surface area contributed by atoms with Gasteiger partial charge in [0.2, 0.25) is 0 Å². The smallest absolute Gasteiger partial charge is 0.122 e. The highest BCUT2D eigenvalue weighted by Crippen LogP contribution is 2.32. The predicted molar refractivity (Wildman–Crippen MR) is 64.3 cm³/mol. The Hall–Kier alpha value is -0.580. The number of rotatable bonds is 2. The van der Waals surface area contributed by atoms with Gasteiger partial charge in [0.05, 0.1) is 7.11 Å². The third kappa shape index (κ3) is 2.17. The second-order valence-corrected chi connectivity index (χ2v) is 4.73. The van der Waals surface area contributed by atoms with E-state index in [1.165, 1.54) is 5.56 Å². The molecule has 0 aromatic heterocycles. The van der Waals surface area contributed by atoms with Gasteiger partial charge in [-0.05, 0) is 18.2 Å². The van der Waals surface area contributed by atoms with E-state index in [0.29, 0.717) is 5.92 Å². The van der Waals surface area contributed by atoms with E-state index in [-0.39, 0.29) is 6.04 Å². The van der Waals surface area contributed by atoms with Gasteiger partial charge in [0, 0.05) is 35.1 Å². The van der Waals surface area contributed by atoms with Gasteiger partial charge in [-0.2, -0.15) is 0 Å². The van der Waals surface area contributed by atoms with Crippen LogP contribution in [0.2, 0.25) is 0 Å². The van der Waals surface area contributed by atoms with E-state index < -0.39 is 0 Å². The molecule has 0 saturated carbocycles. The second-order valence-electron chi connectivity index (χ2n) is 3.81. The van der Waals surface area contributed by atoms with Crippen LogP contribution in [-0.2, 0) is 0 Å². The Labute approximate surface area is 98.1 Å². The first kappa shape index (κ1) is 10.9. The van der Waals surface area contributed by atoms with Gasteiger partial charge in [0.15, 0.2) is 0 Å². The molecule has 1 heterocycles. The van der Waals surface area contributed by atoms with Crippen LogP contribution in [0.1, 0.15) is 11.5 Å². The van der Waals surface area contributed by atoms with Crippen molar-refractivity contribution < 1.29 is 4.74 Å². The Bertz CT molecular complexity index is 356. The van der Waals surface area contributed by atoms with Gasteiger partial charge in [0.25, 0.3) is 0 Å². The van der Waals surface area contributed by atoms with Gasteiger partial charge in [-0.3, -0.25) is 0 Å². The van der Waals surface area contributed by atoms with Crippen LogP contribution in [0.4, 0.5) is 0 Å². The largest absolute Gasteiger partial charge is 0.496 e. The highest BCUT2D eigenvalue weighted by atomic mass is 79.9. The Kier molecular flexibility index (Phi) is 3.29. The molecule has 15 heavy (non-hydrogen) atoms. The van der Waals surface area contributed by atoms with Crippen LogP contribution in [-0.4, -0.2) is 26.2 Å². The third-order valence-corrected chi connectivity index (χ3v) is 3.35. The van der Waals surface area contributed by atoms with Gasteiger partial charge in [-0.15, -0.1) is 0 Å². The van der Waals surface area contributed by atoms with Crippen molar-refractivity contribution in [2.24, 2.45) is 5.73 Å². The molecule has 0 radical (unpaired) electrons. The van der Waals surface area contributed by atoms with E-state index in [9.17, 15) is 0 Å². The summed E-state index contributed by atoms with van der Waals surface area (Å²) in [6.07, 6.45) is 0. The van der Waals surface area contributed by atoms with Gasteiger partial charge in [0.1, 0.15) is 5.75 Å². The molecule has 82 valence electrons. The average molecular weight is 271 g/mol. The van der Waals surface area contributed by atoms with Crippen molar-refractivity contribution in [3.63, 3.8) is 0 Å². The van der Waals surface area contributed by atoms with E-state index in [1.54, 1.807) is 7.11 Å². The summed E-state index contributed by atoms with van der Waals surface area (Å²) in [5, 5.41) is 3.30. The summed E-state index contributed by atoms with van der Waals surface area (Å²) in [7, 11) is 1.70. The lowest BCUT2D eigenvalue weighted by Crippen LogP contribution is -2.27. The van der Waals surface area contributed by atoms with Crippen molar-refractivity contribution in [1.82, 2.24) is 5.32 Å². The monoisotopic (exact) mass is 270 g/mol. The lowest BCUT2D eigenvalue weighted by atomic mass is 9.94. The molecule has 1 fully saturated rings. The van der Waals surface area contributed by atoms with E-state index in [1.807, 2.05) is 12.1 Å². The minimum atomic E-state index is 0.174. The molecule has 1 aromatic rings. The molecule has 1 aliphatic heterocycles. The Morgan fingerprint density at radius 1 is 1.47 bits per heavy atom. The molecule has 0 amide bonds. The van der Waals surface area contributed by atoms with Gasteiger partial charge >= 0.3 is 0 Å². The molecule has 0 bridgehead atoms. The van der Waals surface area contributed by atoms with Crippen molar-refractivity contribution >= 4 is 15.9 Å². The maximum Gasteiger partial charge on any atom is 0.122 e. The quantitative estimate of drug-likeness (QED) is 0.856. The maximum absolute atomic E-state index is 6.05. The topological polar surface area (TPSA) is 47.3 Å². The zero-order valence-electron chi connectivity index (χ0n) is 8.66. The molecule has 4 heteroatoms. The number of methoxy groups -OCH3 is 1. The third-order valence-electron chi connectivity index (χ3n) is 2.85. The first-order valence-corrected chi connectivity index (χ1v) is 5.81. The lowest BCUT2D eigenvalue weighted by molar-refractivity contribution is 0.404. The summed E-state index contributed by atoms with van der Waals surface area (Å²) >= 11 is 3.48. The maximum atomic E-state index is 6.05. The predicted octanol–water partition coefficient (Wildman–Crippen LogP) is 1.47. The molecule has 1 saturated heterocycles. The number of nitrogens with one attached hydrogen (secondary N) is 1. The van der Waals surface area contributed by atoms with Crippen LogP contribution in [0.25, 0.3) is 0 Å². The van der Waals surface area contributed by atoms with Crippen molar-refractivity contribution in [3.8, 4) is 5.75 Å². The van der Waals surface area contributed by atoms with Gasteiger partial charge in [-0.25, -0.2) is 0 Å². The van der Waals surface area contributed by atoms with Gasteiger partial charge in [-0.1, -0.05) is 15.9 Å². The van der Waals surface area contributed by atoms with Crippen LogP contribution >= 0.6 is 15.9 Å².